The molecule has 7 heteroatoms. The fourth-order valence-electron chi connectivity index (χ4n) is 2.30. The number of hydrogen-bond acceptors (Lipinski definition) is 7. The van der Waals surface area contributed by atoms with Crippen molar-refractivity contribution in [3.8, 4) is 6.01 Å². The summed E-state index contributed by atoms with van der Waals surface area (Å²) in [5.74, 6) is 6.13. The highest BCUT2D eigenvalue weighted by atomic mass is 16.5. The van der Waals surface area contributed by atoms with E-state index < -0.39 is 0 Å². The number of nitrogens with one attached hydrogen (secondary N) is 2. The average Bonchev–Trinajstić information content (AvgIpc) is 2.40. The maximum absolute atomic E-state index is 5.32. The van der Waals surface area contributed by atoms with Gasteiger partial charge in [0.2, 0.25) is 11.9 Å². The van der Waals surface area contributed by atoms with E-state index in [1.807, 2.05) is 0 Å². The zero-order valence-electron chi connectivity index (χ0n) is 11.7. The Kier molecular flexibility index (Phi) is 4.04. The first-order valence-electron chi connectivity index (χ1n) is 6.55. The van der Waals surface area contributed by atoms with Gasteiger partial charge in [-0.25, -0.2) is 5.84 Å². The van der Waals surface area contributed by atoms with Gasteiger partial charge in [0.05, 0.1) is 7.11 Å². The van der Waals surface area contributed by atoms with Crippen molar-refractivity contribution < 1.29 is 4.74 Å². The molecule has 1 fully saturated rings. The molecule has 0 bridgehead atoms. The summed E-state index contributed by atoms with van der Waals surface area (Å²) in [5, 5.41) is 3.33. The molecule has 0 aliphatic heterocycles. The van der Waals surface area contributed by atoms with Gasteiger partial charge in [-0.15, -0.1) is 0 Å². The van der Waals surface area contributed by atoms with Gasteiger partial charge in [-0.2, -0.15) is 15.0 Å². The molecule has 4 N–H and O–H groups in total. The van der Waals surface area contributed by atoms with Crippen LogP contribution in [0, 0.1) is 5.41 Å². The average molecular weight is 266 g/mol. The van der Waals surface area contributed by atoms with Crippen LogP contribution in [0.4, 0.5) is 11.9 Å². The third kappa shape index (κ3) is 3.66. The molecule has 1 saturated carbocycles. The molecule has 0 amide bonds. The molecule has 7 nitrogen and oxygen atoms in total. The Bertz CT molecular complexity index is 404. The van der Waals surface area contributed by atoms with E-state index in [-0.39, 0.29) is 6.01 Å². The van der Waals surface area contributed by atoms with E-state index in [2.05, 4.69) is 39.5 Å². The van der Waals surface area contributed by atoms with Crippen molar-refractivity contribution in [1.82, 2.24) is 15.0 Å². The molecule has 0 atom stereocenters. The maximum Gasteiger partial charge on any atom is 0.322 e. The number of rotatable bonds is 4. The summed E-state index contributed by atoms with van der Waals surface area (Å²) >= 11 is 0. The molecule has 1 aromatic heterocycles. The number of nitrogen functional groups attached to an aromatic ring is 1. The molecule has 0 saturated heterocycles. The van der Waals surface area contributed by atoms with E-state index in [0.29, 0.717) is 23.4 Å². The van der Waals surface area contributed by atoms with Crippen molar-refractivity contribution in [2.75, 3.05) is 17.9 Å². The van der Waals surface area contributed by atoms with Crippen LogP contribution >= 0.6 is 0 Å². The Balaban J connectivity index is 2.03. The lowest BCUT2D eigenvalue weighted by molar-refractivity contribution is 0.232. The predicted octanol–water partition coefficient (Wildman–Crippen LogP) is 1.55. The first kappa shape index (κ1) is 13.8. The summed E-state index contributed by atoms with van der Waals surface area (Å²) in [7, 11) is 1.52. The molecule has 0 spiro atoms. The zero-order valence-corrected chi connectivity index (χ0v) is 11.7. The predicted molar refractivity (Wildman–Crippen MR) is 73.8 cm³/mol. The fourth-order valence-corrected chi connectivity index (χ4v) is 2.30. The molecule has 1 heterocycles. The van der Waals surface area contributed by atoms with Crippen molar-refractivity contribution in [1.29, 1.82) is 0 Å². The molecule has 1 aromatic rings. The Morgan fingerprint density at radius 1 is 1.16 bits per heavy atom. The van der Waals surface area contributed by atoms with Crippen LogP contribution in [0.15, 0.2) is 0 Å². The standard InChI is InChI=1S/C12H22N6O/c1-12(2)6-4-8(5-7-12)14-9-15-10(18-13)17-11(16-9)19-3/h8H,4-7,13H2,1-3H3,(H2,14,15,16,17,18). The van der Waals surface area contributed by atoms with Crippen molar-refractivity contribution in [3.63, 3.8) is 0 Å². The van der Waals surface area contributed by atoms with Crippen LogP contribution in [0.5, 0.6) is 6.01 Å². The lowest BCUT2D eigenvalue weighted by Gasteiger charge is -2.34. The van der Waals surface area contributed by atoms with E-state index in [0.717, 1.165) is 12.8 Å². The number of hydrogen-bond donors (Lipinski definition) is 3. The highest BCUT2D eigenvalue weighted by molar-refractivity contribution is 5.35. The monoisotopic (exact) mass is 266 g/mol. The Hall–Kier alpha value is -1.63. The van der Waals surface area contributed by atoms with Crippen LogP contribution in [0.1, 0.15) is 39.5 Å². The van der Waals surface area contributed by atoms with Gasteiger partial charge in [-0.1, -0.05) is 13.8 Å². The topological polar surface area (TPSA) is 98.0 Å². The van der Waals surface area contributed by atoms with Gasteiger partial charge in [0.15, 0.2) is 0 Å². The first-order chi connectivity index (χ1) is 9.02. The SMILES string of the molecule is COc1nc(NN)nc(NC2CCC(C)(C)CC2)n1. The highest BCUT2D eigenvalue weighted by Gasteiger charge is 2.27. The number of aromatic nitrogens is 3. The van der Waals surface area contributed by atoms with Crippen molar-refractivity contribution in [3.05, 3.63) is 0 Å². The van der Waals surface area contributed by atoms with E-state index in [4.69, 9.17) is 10.6 Å². The van der Waals surface area contributed by atoms with Crippen LogP contribution in [0.25, 0.3) is 0 Å². The number of anilines is 2. The third-order valence-corrected chi connectivity index (χ3v) is 3.60. The minimum atomic E-state index is 0.251. The van der Waals surface area contributed by atoms with Crippen molar-refractivity contribution in [2.45, 2.75) is 45.6 Å². The summed E-state index contributed by atoms with van der Waals surface area (Å²) in [5.41, 5.74) is 2.85. The minimum Gasteiger partial charge on any atom is -0.467 e. The molecular formula is C12H22N6O. The summed E-state index contributed by atoms with van der Waals surface area (Å²) < 4.78 is 5.02. The second kappa shape index (κ2) is 5.56. The number of ether oxygens (including phenoxy) is 1. The highest BCUT2D eigenvalue weighted by Crippen LogP contribution is 2.35. The van der Waals surface area contributed by atoms with Gasteiger partial charge in [-0.3, -0.25) is 5.43 Å². The molecule has 0 aromatic carbocycles. The van der Waals surface area contributed by atoms with Crippen molar-refractivity contribution in [2.24, 2.45) is 11.3 Å². The second-order valence-corrected chi connectivity index (χ2v) is 5.70. The summed E-state index contributed by atoms with van der Waals surface area (Å²) in [6.45, 7) is 4.62. The summed E-state index contributed by atoms with van der Waals surface area (Å²) in [6, 6.07) is 0.646. The van der Waals surface area contributed by atoms with E-state index >= 15 is 0 Å². The molecular weight excluding hydrogens is 244 g/mol. The molecule has 0 radical (unpaired) electrons. The largest absolute Gasteiger partial charge is 0.467 e. The lowest BCUT2D eigenvalue weighted by Crippen LogP contribution is -2.30. The first-order valence-corrected chi connectivity index (χ1v) is 6.55. The Morgan fingerprint density at radius 3 is 2.37 bits per heavy atom. The van der Waals surface area contributed by atoms with Gasteiger partial charge in [0.25, 0.3) is 0 Å². The van der Waals surface area contributed by atoms with Gasteiger partial charge < -0.3 is 10.1 Å². The van der Waals surface area contributed by atoms with E-state index in [1.165, 1.54) is 20.0 Å². The molecule has 106 valence electrons. The van der Waals surface area contributed by atoms with Crippen LogP contribution in [-0.4, -0.2) is 28.1 Å². The minimum absolute atomic E-state index is 0.251. The zero-order chi connectivity index (χ0) is 13.9. The fraction of sp³-hybridized carbons (Fsp3) is 0.750. The van der Waals surface area contributed by atoms with E-state index in [1.54, 1.807) is 0 Å². The van der Waals surface area contributed by atoms with Gasteiger partial charge in [0, 0.05) is 6.04 Å². The van der Waals surface area contributed by atoms with Crippen LogP contribution in [0.3, 0.4) is 0 Å². The van der Waals surface area contributed by atoms with Gasteiger partial charge in [-0.05, 0) is 31.1 Å². The Morgan fingerprint density at radius 2 is 1.79 bits per heavy atom. The molecule has 2 rings (SSSR count). The smallest absolute Gasteiger partial charge is 0.322 e. The van der Waals surface area contributed by atoms with E-state index in [9.17, 15) is 0 Å². The quantitative estimate of drug-likeness (QED) is 0.561. The lowest BCUT2D eigenvalue weighted by atomic mass is 9.76. The number of methoxy groups -OCH3 is 1. The molecule has 1 aliphatic carbocycles. The molecule has 0 unspecified atom stereocenters. The third-order valence-electron chi connectivity index (χ3n) is 3.60. The van der Waals surface area contributed by atoms with Crippen molar-refractivity contribution >= 4 is 11.9 Å². The van der Waals surface area contributed by atoms with Crippen LogP contribution < -0.4 is 21.3 Å². The number of hydrazine groups is 1. The normalized spacial score (nSPS) is 18.9. The molecule has 1 aliphatic rings. The van der Waals surface area contributed by atoms with Gasteiger partial charge >= 0.3 is 6.01 Å². The number of nitrogens with two attached hydrogens (primary N) is 1. The maximum atomic E-state index is 5.32. The second-order valence-electron chi connectivity index (χ2n) is 5.70. The van der Waals surface area contributed by atoms with Crippen LogP contribution in [0.2, 0.25) is 0 Å². The van der Waals surface area contributed by atoms with Gasteiger partial charge in [0.1, 0.15) is 0 Å². The molecule has 19 heavy (non-hydrogen) atoms. The van der Waals surface area contributed by atoms with Crippen LogP contribution in [-0.2, 0) is 0 Å². The summed E-state index contributed by atoms with van der Waals surface area (Å²) in [4.78, 5) is 12.3. The Labute approximate surface area is 113 Å². The summed E-state index contributed by atoms with van der Waals surface area (Å²) in [6.07, 6.45) is 4.64. The number of nitrogens with zero attached hydrogens (tertiary/aromatic N) is 3.